The average molecular weight is 403 g/mol. The average Bonchev–Trinajstić information content (AvgIpc) is 3.16. The Kier molecular flexibility index (Phi) is 6.26. The molecule has 2 aromatic rings. The van der Waals surface area contributed by atoms with Crippen molar-refractivity contribution in [2.75, 3.05) is 25.2 Å². The van der Waals surface area contributed by atoms with Gasteiger partial charge >= 0.3 is 5.97 Å². The smallest absolute Gasteiger partial charge is 0.338 e. The third kappa shape index (κ3) is 4.21. The van der Waals surface area contributed by atoms with Gasteiger partial charge in [-0.2, -0.15) is 11.3 Å². The fourth-order valence-corrected chi connectivity index (χ4v) is 4.12. The van der Waals surface area contributed by atoms with Crippen molar-refractivity contribution in [3.63, 3.8) is 0 Å². The number of thiophene rings is 1. The van der Waals surface area contributed by atoms with Gasteiger partial charge in [0.25, 0.3) is 0 Å². The standard InChI is InChI=1S/C20H22N2O3S2/c1-13-5-4-6-16(11-13)22-14(2)17(19(23)25-9-8-24-3)18(21-20(22)26)15-7-10-27-12-15/h4-7,10-12,18H,8-9H2,1-3H3,(H,21,26). The first-order valence-corrected chi connectivity index (χ1v) is 9.94. The molecule has 7 heteroatoms. The summed E-state index contributed by atoms with van der Waals surface area (Å²) in [6, 6.07) is 9.67. The molecule has 1 aromatic heterocycles. The van der Waals surface area contributed by atoms with Crippen LogP contribution in [0.4, 0.5) is 5.69 Å². The Hall–Kier alpha value is -2.22. The largest absolute Gasteiger partial charge is 0.460 e. The van der Waals surface area contributed by atoms with Gasteiger partial charge in [0.2, 0.25) is 0 Å². The van der Waals surface area contributed by atoms with Crippen LogP contribution >= 0.6 is 23.6 Å². The van der Waals surface area contributed by atoms with E-state index in [1.165, 1.54) is 0 Å². The van der Waals surface area contributed by atoms with Crippen molar-refractivity contribution in [2.45, 2.75) is 19.9 Å². The van der Waals surface area contributed by atoms with Crippen LogP contribution in [0.3, 0.4) is 0 Å². The van der Waals surface area contributed by atoms with Crippen LogP contribution in [-0.2, 0) is 14.3 Å². The van der Waals surface area contributed by atoms with Crippen molar-refractivity contribution in [1.82, 2.24) is 5.32 Å². The molecular formula is C20H22N2O3S2. The highest BCUT2D eigenvalue weighted by atomic mass is 32.1. The van der Waals surface area contributed by atoms with Crippen LogP contribution in [0.2, 0.25) is 0 Å². The summed E-state index contributed by atoms with van der Waals surface area (Å²) in [5.74, 6) is -0.367. The van der Waals surface area contributed by atoms with Crippen molar-refractivity contribution in [3.8, 4) is 0 Å². The monoisotopic (exact) mass is 402 g/mol. The first kappa shape index (κ1) is 19.5. The SMILES string of the molecule is COCCOC(=O)C1=C(C)N(c2cccc(C)c2)C(=S)NC1c1ccsc1. The van der Waals surface area contributed by atoms with Gasteiger partial charge in [0.1, 0.15) is 6.61 Å². The van der Waals surface area contributed by atoms with E-state index in [2.05, 4.69) is 5.32 Å². The summed E-state index contributed by atoms with van der Waals surface area (Å²) < 4.78 is 10.4. The molecule has 27 heavy (non-hydrogen) atoms. The lowest BCUT2D eigenvalue weighted by molar-refractivity contribution is -0.140. The van der Waals surface area contributed by atoms with Gasteiger partial charge in [0, 0.05) is 18.5 Å². The Labute approximate surface area is 168 Å². The van der Waals surface area contributed by atoms with E-state index in [4.69, 9.17) is 21.7 Å². The molecule has 1 unspecified atom stereocenters. The Morgan fingerprint density at radius 1 is 1.30 bits per heavy atom. The maximum absolute atomic E-state index is 12.9. The molecule has 0 saturated heterocycles. The lowest BCUT2D eigenvalue weighted by Gasteiger charge is -2.37. The number of hydrogen-bond donors (Lipinski definition) is 1. The number of hydrogen-bond acceptors (Lipinski definition) is 5. The second-order valence-electron chi connectivity index (χ2n) is 6.24. The molecule has 0 aliphatic carbocycles. The Morgan fingerprint density at radius 2 is 2.11 bits per heavy atom. The van der Waals surface area contributed by atoms with Crippen LogP contribution < -0.4 is 10.2 Å². The van der Waals surface area contributed by atoms with Gasteiger partial charge in [-0.3, -0.25) is 4.90 Å². The number of rotatable bonds is 6. The zero-order valence-corrected chi connectivity index (χ0v) is 17.2. The van der Waals surface area contributed by atoms with Crippen LogP contribution in [0.15, 0.2) is 52.4 Å². The van der Waals surface area contributed by atoms with Crippen molar-refractivity contribution in [3.05, 3.63) is 63.5 Å². The molecule has 1 atom stereocenters. The number of anilines is 1. The number of ether oxygens (including phenoxy) is 2. The van der Waals surface area contributed by atoms with E-state index in [0.29, 0.717) is 17.3 Å². The highest BCUT2D eigenvalue weighted by molar-refractivity contribution is 7.80. The van der Waals surface area contributed by atoms with E-state index in [0.717, 1.165) is 22.5 Å². The number of nitrogens with zero attached hydrogens (tertiary/aromatic N) is 1. The van der Waals surface area contributed by atoms with E-state index in [1.807, 2.05) is 59.8 Å². The van der Waals surface area contributed by atoms with Gasteiger partial charge in [0.15, 0.2) is 5.11 Å². The van der Waals surface area contributed by atoms with Gasteiger partial charge in [0.05, 0.1) is 18.2 Å². The van der Waals surface area contributed by atoms with Gasteiger partial charge in [-0.1, -0.05) is 12.1 Å². The minimum absolute atomic E-state index is 0.206. The molecule has 0 spiro atoms. The lowest BCUT2D eigenvalue weighted by Crippen LogP contribution is -2.48. The molecule has 2 heterocycles. The second kappa shape index (κ2) is 8.65. The number of nitrogens with one attached hydrogen (secondary N) is 1. The van der Waals surface area contributed by atoms with Crippen molar-refractivity contribution < 1.29 is 14.3 Å². The molecule has 3 rings (SSSR count). The molecule has 0 radical (unpaired) electrons. The summed E-state index contributed by atoms with van der Waals surface area (Å²) in [5.41, 5.74) is 4.34. The van der Waals surface area contributed by atoms with Gasteiger partial charge in [-0.05, 0) is 66.2 Å². The first-order chi connectivity index (χ1) is 13.0. The first-order valence-electron chi connectivity index (χ1n) is 8.59. The number of carbonyl (C=O) groups excluding carboxylic acids is 1. The van der Waals surface area contributed by atoms with Crippen LogP contribution in [0.1, 0.15) is 24.1 Å². The normalized spacial score (nSPS) is 17.1. The molecule has 0 fully saturated rings. The third-order valence-corrected chi connectivity index (χ3v) is 5.36. The maximum atomic E-state index is 12.9. The van der Waals surface area contributed by atoms with E-state index < -0.39 is 0 Å². The molecule has 1 aliphatic heterocycles. The van der Waals surface area contributed by atoms with Gasteiger partial charge in [-0.25, -0.2) is 4.79 Å². The third-order valence-electron chi connectivity index (χ3n) is 4.36. The van der Waals surface area contributed by atoms with Crippen molar-refractivity contribution in [2.24, 2.45) is 0 Å². The minimum atomic E-state index is -0.367. The number of benzene rings is 1. The fraction of sp³-hybridized carbons (Fsp3) is 0.300. The highest BCUT2D eigenvalue weighted by Gasteiger charge is 2.35. The summed E-state index contributed by atoms with van der Waals surface area (Å²) >= 11 is 7.22. The molecule has 0 saturated carbocycles. The van der Waals surface area contributed by atoms with Crippen molar-refractivity contribution in [1.29, 1.82) is 0 Å². The van der Waals surface area contributed by atoms with E-state index in [1.54, 1.807) is 18.4 Å². The zero-order valence-electron chi connectivity index (χ0n) is 15.5. The molecule has 5 nitrogen and oxygen atoms in total. The summed E-state index contributed by atoms with van der Waals surface area (Å²) in [4.78, 5) is 14.8. The second-order valence-corrected chi connectivity index (χ2v) is 7.41. The van der Waals surface area contributed by atoms with Crippen LogP contribution in [0, 0.1) is 6.92 Å². The lowest BCUT2D eigenvalue weighted by atomic mass is 9.96. The van der Waals surface area contributed by atoms with E-state index in [-0.39, 0.29) is 18.6 Å². The number of aryl methyl sites for hydroxylation is 1. The zero-order chi connectivity index (χ0) is 19.4. The quantitative estimate of drug-likeness (QED) is 0.448. The van der Waals surface area contributed by atoms with Crippen molar-refractivity contribution >= 4 is 40.3 Å². The summed E-state index contributed by atoms with van der Waals surface area (Å²) in [5, 5.41) is 7.87. The summed E-state index contributed by atoms with van der Waals surface area (Å²) in [6.07, 6.45) is 0. The Balaban J connectivity index is 2.04. The fourth-order valence-electron chi connectivity index (χ4n) is 3.07. The molecule has 0 amide bonds. The maximum Gasteiger partial charge on any atom is 0.338 e. The Morgan fingerprint density at radius 3 is 2.78 bits per heavy atom. The number of thiocarbonyl (C=S) groups is 1. The summed E-state index contributed by atoms with van der Waals surface area (Å²) in [6.45, 7) is 4.49. The minimum Gasteiger partial charge on any atom is -0.460 e. The number of methoxy groups -OCH3 is 1. The molecule has 0 bridgehead atoms. The molecule has 1 aromatic carbocycles. The predicted octanol–water partition coefficient (Wildman–Crippen LogP) is 3.96. The molecule has 1 N–H and O–H groups in total. The van der Waals surface area contributed by atoms with E-state index in [9.17, 15) is 4.79 Å². The van der Waals surface area contributed by atoms with Crippen LogP contribution in [0.5, 0.6) is 0 Å². The molecule has 142 valence electrons. The van der Waals surface area contributed by atoms with Gasteiger partial charge in [-0.15, -0.1) is 0 Å². The number of allylic oxidation sites excluding steroid dienone is 1. The van der Waals surface area contributed by atoms with Gasteiger partial charge < -0.3 is 14.8 Å². The Bertz CT molecular complexity index is 862. The molecular weight excluding hydrogens is 380 g/mol. The topological polar surface area (TPSA) is 50.8 Å². The highest BCUT2D eigenvalue weighted by Crippen LogP contribution is 2.35. The number of esters is 1. The number of carbonyl (C=O) groups is 1. The van der Waals surface area contributed by atoms with Crippen LogP contribution in [-0.4, -0.2) is 31.4 Å². The molecule has 1 aliphatic rings. The predicted molar refractivity (Wildman–Crippen MR) is 112 cm³/mol. The van der Waals surface area contributed by atoms with E-state index >= 15 is 0 Å². The van der Waals surface area contributed by atoms with Crippen LogP contribution in [0.25, 0.3) is 0 Å². The summed E-state index contributed by atoms with van der Waals surface area (Å²) in [7, 11) is 1.58.